The normalized spacial score (nSPS) is 9.69. The minimum absolute atomic E-state index is 0.123. The third kappa shape index (κ3) is 2.50. The van der Waals surface area contributed by atoms with Crippen LogP contribution in [-0.4, -0.2) is 36.1 Å². The Hall–Kier alpha value is -2.04. The molecule has 0 radical (unpaired) electrons. The summed E-state index contributed by atoms with van der Waals surface area (Å²) in [5.74, 6) is -1.05. The first-order chi connectivity index (χ1) is 7.43. The van der Waals surface area contributed by atoms with E-state index in [9.17, 15) is 9.59 Å². The van der Waals surface area contributed by atoms with Crippen LogP contribution in [-0.2, 0) is 0 Å². The van der Waals surface area contributed by atoms with E-state index in [-0.39, 0.29) is 11.6 Å². The van der Waals surface area contributed by atoms with E-state index in [0.717, 1.165) is 0 Å². The molecular weight excluding hydrogens is 208 g/mol. The van der Waals surface area contributed by atoms with Gasteiger partial charge >= 0.3 is 12.0 Å². The number of carboxylic acid groups (broad SMARTS) is 1. The number of aromatic carboxylic acids is 1. The van der Waals surface area contributed by atoms with Crippen molar-refractivity contribution >= 4 is 17.7 Å². The number of urea groups is 1. The van der Waals surface area contributed by atoms with Gasteiger partial charge in [0.2, 0.25) is 0 Å². The number of nitrogens with zero attached hydrogens (tertiary/aromatic N) is 1. The van der Waals surface area contributed by atoms with Gasteiger partial charge in [-0.25, -0.2) is 9.59 Å². The van der Waals surface area contributed by atoms with Crippen LogP contribution in [0.15, 0.2) is 18.2 Å². The topological polar surface area (TPSA) is 69.6 Å². The number of carbonyl (C=O) groups is 2. The number of benzene rings is 1. The molecule has 5 nitrogen and oxygen atoms in total. The zero-order valence-corrected chi connectivity index (χ0v) is 9.44. The molecule has 0 aromatic heterocycles. The summed E-state index contributed by atoms with van der Waals surface area (Å²) in [5, 5.41) is 11.6. The molecule has 2 N–H and O–H groups in total. The number of aryl methyl sites for hydroxylation is 1. The quantitative estimate of drug-likeness (QED) is 0.801. The highest BCUT2D eigenvalue weighted by Crippen LogP contribution is 2.19. The molecule has 0 unspecified atom stereocenters. The number of anilines is 1. The maximum absolute atomic E-state index is 11.4. The van der Waals surface area contributed by atoms with E-state index in [1.54, 1.807) is 39.2 Å². The largest absolute Gasteiger partial charge is 0.478 e. The van der Waals surface area contributed by atoms with Crippen molar-refractivity contribution in [1.82, 2.24) is 4.90 Å². The second-order valence-electron chi connectivity index (χ2n) is 3.63. The van der Waals surface area contributed by atoms with Crippen LogP contribution in [0.2, 0.25) is 0 Å². The third-order valence-electron chi connectivity index (χ3n) is 2.13. The number of rotatable bonds is 2. The maximum atomic E-state index is 11.4. The molecule has 0 heterocycles. The summed E-state index contributed by atoms with van der Waals surface area (Å²) >= 11 is 0. The Kier molecular flexibility index (Phi) is 3.50. The van der Waals surface area contributed by atoms with Gasteiger partial charge in [-0.15, -0.1) is 0 Å². The summed E-state index contributed by atoms with van der Waals surface area (Å²) in [4.78, 5) is 23.8. The first-order valence-electron chi connectivity index (χ1n) is 4.74. The highest BCUT2D eigenvalue weighted by molar-refractivity contribution is 6.00. The van der Waals surface area contributed by atoms with Crippen LogP contribution < -0.4 is 5.32 Å². The van der Waals surface area contributed by atoms with Crippen molar-refractivity contribution in [3.05, 3.63) is 29.3 Å². The molecule has 2 amide bonds. The smallest absolute Gasteiger partial charge is 0.338 e. The van der Waals surface area contributed by atoms with E-state index >= 15 is 0 Å². The number of carboxylic acids is 1. The SMILES string of the molecule is Cc1cccc(NC(=O)N(C)C)c1C(=O)O. The lowest BCUT2D eigenvalue weighted by Crippen LogP contribution is -2.28. The van der Waals surface area contributed by atoms with Gasteiger partial charge in [-0.3, -0.25) is 0 Å². The van der Waals surface area contributed by atoms with Crippen LogP contribution in [0.25, 0.3) is 0 Å². The Morgan fingerprint density at radius 3 is 2.44 bits per heavy atom. The number of amides is 2. The van der Waals surface area contributed by atoms with Crippen LogP contribution in [0, 0.1) is 6.92 Å². The van der Waals surface area contributed by atoms with Crippen LogP contribution in [0.5, 0.6) is 0 Å². The monoisotopic (exact) mass is 222 g/mol. The Morgan fingerprint density at radius 1 is 1.31 bits per heavy atom. The van der Waals surface area contributed by atoms with Gasteiger partial charge < -0.3 is 15.3 Å². The van der Waals surface area contributed by atoms with Gasteiger partial charge in [0.05, 0.1) is 11.3 Å². The van der Waals surface area contributed by atoms with Crippen LogP contribution >= 0.6 is 0 Å². The van der Waals surface area contributed by atoms with Crippen molar-refractivity contribution in [2.45, 2.75) is 6.92 Å². The molecule has 0 fully saturated rings. The van der Waals surface area contributed by atoms with Crippen molar-refractivity contribution in [2.75, 3.05) is 19.4 Å². The minimum atomic E-state index is -1.05. The Labute approximate surface area is 93.7 Å². The fourth-order valence-electron chi connectivity index (χ4n) is 1.28. The predicted molar refractivity (Wildman–Crippen MR) is 60.8 cm³/mol. The average molecular weight is 222 g/mol. The van der Waals surface area contributed by atoms with E-state index < -0.39 is 5.97 Å². The standard InChI is InChI=1S/C11H14N2O3/c1-7-5-4-6-8(9(7)10(14)15)12-11(16)13(2)3/h4-6H,1-3H3,(H,12,16)(H,14,15). The van der Waals surface area contributed by atoms with Gasteiger partial charge in [0.15, 0.2) is 0 Å². The Morgan fingerprint density at radius 2 is 1.94 bits per heavy atom. The van der Waals surface area contributed by atoms with Crippen molar-refractivity contribution < 1.29 is 14.7 Å². The number of hydrogen-bond donors (Lipinski definition) is 2. The van der Waals surface area contributed by atoms with Gasteiger partial charge in [-0.2, -0.15) is 0 Å². The fraction of sp³-hybridized carbons (Fsp3) is 0.273. The molecule has 16 heavy (non-hydrogen) atoms. The zero-order valence-electron chi connectivity index (χ0n) is 9.44. The molecule has 86 valence electrons. The zero-order chi connectivity index (χ0) is 12.3. The molecule has 0 spiro atoms. The Balaban J connectivity index is 3.09. The highest BCUT2D eigenvalue weighted by Gasteiger charge is 2.15. The van der Waals surface area contributed by atoms with Crippen molar-refractivity contribution in [3.63, 3.8) is 0 Å². The molecular formula is C11H14N2O3. The predicted octanol–water partition coefficient (Wildman–Crippen LogP) is 1.79. The van der Waals surface area contributed by atoms with Crippen molar-refractivity contribution in [1.29, 1.82) is 0 Å². The van der Waals surface area contributed by atoms with Gasteiger partial charge in [-0.05, 0) is 18.6 Å². The molecule has 1 aromatic rings. The van der Waals surface area contributed by atoms with Crippen LogP contribution in [0.4, 0.5) is 10.5 Å². The summed E-state index contributed by atoms with van der Waals surface area (Å²) in [6.45, 7) is 1.69. The lowest BCUT2D eigenvalue weighted by molar-refractivity contribution is 0.0697. The molecule has 1 rings (SSSR count). The minimum Gasteiger partial charge on any atom is -0.478 e. The van der Waals surface area contributed by atoms with Gasteiger partial charge in [0.1, 0.15) is 0 Å². The van der Waals surface area contributed by atoms with Gasteiger partial charge in [0.25, 0.3) is 0 Å². The average Bonchev–Trinajstić information content (AvgIpc) is 2.16. The number of hydrogen-bond acceptors (Lipinski definition) is 2. The second kappa shape index (κ2) is 4.65. The second-order valence-corrected chi connectivity index (χ2v) is 3.63. The first-order valence-corrected chi connectivity index (χ1v) is 4.74. The van der Waals surface area contributed by atoms with Gasteiger partial charge in [-0.1, -0.05) is 12.1 Å². The van der Waals surface area contributed by atoms with E-state index in [1.165, 1.54) is 4.90 Å². The molecule has 5 heteroatoms. The molecule has 0 saturated carbocycles. The van der Waals surface area contributed by atoms with Crippen molar-refractivity contribution in [3.8, 4) is 0 Å². The van der Waals surface area contributed by atoms with Gasteiger partial charge in [0, 0.05) is 14.1 Å². The van der Waals surface area contributed by atoms with Crippen molar-refractivity contribution in [2.24, 2.45) is 0 Å². The summed E-state index contributed by atoms with van der Waals surface area (Å²) in [6, 6.07) is 4.60. The van der Waals surface area contributed by atoms with E-state index in [2.05, 4.69) is 5.32 Å². The molecule has 0 aliphatic carbocycles. The van der Waals surface area contributed by atoms with E-state index in [1.807, 2.05) is 0 Å². The summed E-state index contributed by atoms with van der Waals surface area (Å²) in [5.41, 5.74) is 1.05. The highest BCUT2D eigenvalue weighted by atomic mass is 16.4. The summed E-state index contributed by atoms with van der Waals surface area (Å²) < 4.78 is 0. The molecule has 0 aliphatic rings. The van der Waals surface area contributed by atoms with E-state index in [0.29, 0.717) is 11.3 Å². The number of nitrogens with one attached hydrogen (secondary N) is 1. The fourth-order valence-corrected chi connectivity index (χ4v) is 1.28. The molecule has 0 bridgehead atoms. The lowest BCUT2D eigenvalue weighted by Gasteiger charge is -2.14. The third-order valence-corrected chi connectivity index (χ3v) is 2.13. The molecule has 0 saturated heterocycles. The molecule has 0 aliphatic heterocycles. The summed E-state index contributed by atoms with van der Waals surface area (Å²) in [6.07, 6.45) is 0. The van der Waals surface area contributed by atoms with Crippen LogP contribution in [0.1, 0.15) is 15.9 Å². The van der Waals surface area contributed by atoms with E-state index in [4.69, 9.17) is 5.11 Å². The lowest BCUT2D eigenvalue weighted by atomic mass is 10.1. The summed E-state index contributed by atoms with van der Waals surface area (Å²) in [7, 11) is 3.18. The number of carbonyl (C=O) groups excluding carboxylic acids is 1. The Bertz CT molecular complexity index is 427. The maximum Gasteiger partial charge on any atom is 0.338 e. The first kappa shape index (κ1) is 12.0. The molecule has 0 atom stereocenters. The molecule has 1 aromatic carbocycles. The van der Waals surface area contributed by atoms with Crippen LogP contribution in [0.3, 0.4) is 0 Å².